The molecule has 0 bridgehead atoms. The van der Waals surface area contributed by atoms with Gasteiger partial charge >= 0.3 is 7.82 Å². The minimum Gasteiger partial charge on any atom is -0.387 e. The highest BCUT2D eigenvalue weighted by Crippen LogP contribution is 2.43. The van der Waals surface area contributed by atoms with E-state index >= 15 is 0 Å². The number of unbranched alkanes of at least 4 members (excludes halogenated alkanes) is 51. The number of carbonyl (C=O) groups is 1. The van der Waals surface area contributed by atoms with Gasteiger partial charge in [-0.3, -0.25) is 13.8 Å². The fraction of sp³-hybridized carbons (Fsp3) is 0.904. The molecule has 0 rings (SSSR count). The third-order valence-electron chi connectivity index (χ3n) is 16.9. The van der Waals surface area contributed by atoms with Gasteiger partial charge in [-0.2, -0.15) is 0 Å². The lowest BCUT2D eigenvalue weighted by atomic mass is 10.0. The molecular weight excluding hydrogens is 1030 g/mol. The predicted octanol–water partition coefficient (Wildman–Crippen LogP) is 23.2. The molecule has 0 aliphatic heterocycles. The van der Waals surface area contributed by atoms with Gasteiger partial charge in [0, 0.05) is 6.42 Å². The van der Waals surface area contributed by atoms with Crippen molar-refractivity contribution < 1.29 is 32.9 Å². The second-order valence-electron chi connectivity index (χ2n) is 26.3. The van der Waals surface area contributed by atoms with E-state index in [-0.39, 0.29) is 19.1 Å². The van der Waals surface area contributed by atoms with Crippen LogP contribution in [0, 0.1) is 0 Å². The van der Waals surface area contributed by atoms with Crippen molar-refractivity contribution >= 4 is 13.7 Å². The fourth-order valence-corrected chi connectivity index (χ4v) is 11.9. The standard InChI is InChI=1S/C73H143N2O6P/c1-6-8-10-12-14-16-18-20-22-24-26-28-30-32-34-36-37-39-40-42-44-46-48-50-52-54-56-58-60-62-64-66-72(76)71(70-81-82(78,79)80-69-68-75(3,4)5)74-73(77)67-65-63-61-59-57-55-53-51-49-47-45-43-41-38-35-33-31-29-27-25-23-21-19-17-15-13-11-9-7-2/h19,21,25,27,64,66,71-72,76H,6-18,20,22-24,26,28-63,65,67-70H2,1-5H3,(H-,74,77,78,79)/p+1/b21-19-,27-25-,66-64+. The van der Waals surface area contributed by atoms with Gasteiger partial charge in [-0.05, 0) is 51.4 Å². The molecule has 0 saturated heterocycles. The number of aliphatic hydroxyl groups excluding tert-OH is 1. The van der Waals surface area contributed by atoms with E-state index in [0.717, 1.165) is 38.5 Å². The van der Waals surface area contributed by atoms with Crippen LogP contribution >= 0.6 is 7.82 Å². The number of aliphatic hydroxyl groups is 1. The molecule has 0 aromatic carbocycles. The van der Waals surface area contributed by atoms with Crippen molar-refractivity contribution in [1.29, 1.82) is 0 Å². The Balaban J connectivity index is 4.03. The number of hydrogen-bond donors (Lipinski definition) is 3. The molecule has 8 nitrogen and oxygen atoms in total. The molecule has 0 aliphatic rings. The fourth-order valence-electron chi connectivity index (χ4n) is 11.2. The Bertz CT molecular complexity index is 1430. The maximum Gasteiger partial charge on any atom is 0.472 e. The summed E-state index contributed by atoms with van der Waals surface area (Å²) in [5.41, 5.74) is 0. The summed E-state index contributed by atoms with van der Waals surface area (Å²) in [5.74, 6) is -0.170. The summed E-state index contributed by atoms with van der Waals surface area (Å²) in [6, 6.07) is -0.847. The molecule has 1 amide bonds. The van der Waals surface area contributed by atoms with Crippen LogP contribution < -0.4 is 5.32 Å². The highest BCUT2D eigenvalue weighted by molar-refractivity contribution is 7.47. The van der Waals surface area contributed by atoms with Gasteiger partial charge in [-0.15, -0.1) is 0 Å². The van der Waals surface area contributed by atoms with E-state index in [4.69, 9.17) is 9.05 Å². The van der Waals surface area contributed by atoms with E-state index in [2.05, 4.69) is 43.5 Å². The number of hydrogen-bond acceptors (Lipinski definition) is 5. The van der Waals surface area contributed by atoms with Crippen LogP contribution in [0.1, 0.15) is 373 Å². The number of phosphoric acid groups is 1. The molecular formula is C73H144N2O6P+. The number of quaternary nitrogens is 1. The first kappa shape index (κ1) is 80.7. The summed E-state index contributed by atoms with van der Waals surface area (Å²) < 4.78 is 23.8. The second-order valence-corrected chi connectivity index (χ2v) is 27.8. The third-order valence-corrected chi connectivity index (χ3v) is 17.8. The Morgan fingerprint density at radius 3 is 1.00 bits per heavy atom. The zero-order valence-electron chi connectivity index (χ0n) is 55.8. The monoisotopic (exact) mass is 1180 g/mol. The van der Waals surface area contributed by atoms with Crippen LogP contribution in [0.5, 0.6) is 0 Å². The maximum atomic E-state index is 13.1. The molecule has 0 aliphatic carbocycles. The zero-order chi connectivity index (χ0) is 59.8. The van der Waals surface area contributed by atoms with Crippen LogP contribution in [-0.2, 0) is 18.4 Å². The number of nitrogens with one attached hydrogen (secondary N) is 1. The van der Waals surface area contributed by atoms with Crippen LogP contribution in [0.2, 0.25) is 0 Å². The van der Waals surface area contributed by atoms with Crippen molar-refractivity contribution in [2.75, 3.05) is 40.9 Å². The van der Waals surface area contributed by atoms with Gasteiger partial charge < -0.3 is 19.8 Å². The molecule has 3 unspecified atom stereocenters. The van der Waals surface area contributed by atoms with Gasteiger partial charge in [-0.1, -0.05) is 352 Å². The van der Waals surface area contributed by atoms with Crippen LogP contribution in [0.15, 0.2) is 36.5 Å². The topological polar surface area (TPSA) is 105 Å². The van der Waals surface area contributed by atoms with Crippen LogP contribution in [0.4, 0.5) is 0 Å². The second kappa shape index (κ2) is 64.2. The molecule has 0 spiro atoms. The summed E-state index contributed by atoms with van der Waals surface area (Å²) in [6.45, 7) is 4.87. The van der Waals surface area contributed by atoms with Crippen molar-refractivity contribution in [1.82, 2.24) is 5.32 Å². The van der Waals surface area contributed by atoms with E-state index < -0.39 is 20.0 Å². The van der Waals surface area contributed by atoms with E-state index in [1.165, 1.54) is 315 Å². The molecule has 0 fully saturated rings. The number of phosphoric ester groups is 1. The van der Waals surface area contributed by atoms with Gasteiger partial charge in [0.2, 0.25) is 5.91 Å². The minimum absolute atomic E-state index is 0.0633. The number of carbonyl (C=O) groups excluding carboxylic acids is 1. The average Bonchev–Trinajstić information content (AvgIpc) is 3.47. The van der Waals surface area contributed by atoms with Crippen LogP contribution in [-0.4, -0.2) is 73.4 Å². The first-order valence-electron chi connectivity index (χ1n) is 36.4. The molecule has 9 heteroatoms. The predicted molar refractivity (Wildman–Crippen MR) is 360 cm³/mol. The molecule has 0 aromatic rings. The van der Waals surface area contributed by atoms with E-state index in [1.807, 2.05) is 27.2 Å². The summed E-state index contributed by atoms with van der Waals surface area (Å²) in [6.07, 6.45) is 85.9. The lowest BCUT2D eigenvalue weighted by Gasteiger charge is -2.25. The molecule has 0 saturated carbocycles. The molecule has 3 atom stereocenters. The van der Waals surface area contributed by atoms with Gasteiger partial charge in [0.1, 0.15) is 13.2 Å². The Labute approximate surface area is 512 Å². The van der Waals surface area contributed by atoms with Gasteiger partial charge in [0.25, 0.3) is 0 Å². The number of rotatable bonds is 68. The lowest BCUT2D eigenvalue weighted by Crippen LogP contribution is -2.45. The first-order chi connectivity index (χ1) is 40.0. The van der Waals surface area contributed by atoms with Crippen molar-refractivity contribution in [3.63, 3.8) is 0 Å². The normalized spacial score (nSPS) is 13.8. The number of allylic oxidation sites excluding steroid dienone is 5. The molecule has 0 aromatic heterocycles. The van der Waals surface area contributed by atoms with Crippen LogP contribution in [0.25, 0.3) is 0 Å². The largest absolute Gasteiger partial charge is 0.472 e. The summed E-state index contributed by atoms with van der Waals surface area (Å²) in [4.78, 5) is 23.4. The van der Waals surface area contributed by atoms with Crippen LogP contribution in [0.3, 0.4) is 0 Å². The average molecular weight is 1180 g/mol. The maximum absolute atomic E-state index is 13.1. The van der Waals surface area contributed by atoms with E-state index in [9.17, 15) is 19.4 Å². The smallest absolute Gasteiger partial charge is 0.387 e. The zero-order valence-corrected chi connectivity index (χ0v) is 56.7. The summed E-state index contributed by atoms with van der Waals surface area (Å²) in [5, 5.41) is 14.0. The van der Waals surface area contributed by atoms with Gasteiger partial charge in [0.05, 0.1) is 39.9 Å². The van der Waals surface area contributed by atoms with E-state index in [0.29, 0.717) is 17.4 Å². The number of likely N-dealkylation sites (N-methyl/N-ethyl adjacent to an activating group) is 1. The van der Waals surface area contributed by atoms with Crippen molar-refractivity contribution in [2.45, 2.75) is 386 Å². The number of nitrogens with zero attached hydrogens (tertiary/aromatic N) is 1. The SMILES string of the molecule is CCCCCCC/C=C\C/C=C\CCCCCCCCCCCCCCCCCCCC(=O)NC(COP(=O)(O)OCC[N+](C)(C)C)C(O)/C=C/CCCCCCCCCCCCCCCCCCCCCCCCCCCCCCC. The van der Waals surface area contributed by atoms with Crippen molar-refractivity contribution in [3.8, 4) is 0 Å². The third kappa shape index (κ3) is 66.2. The molecule has 486 valence electrons. The van der Waals surface area contributed by atoms with Crippen molar-refractivity contribution in [2.24, 2.45) is 0 Å². The Morgan fingerprint density at radius 1 is 0.415 bits per heavy atom. The quantitative estimate of drug-likeness (QED) is 0.0243. The molecule has 3 N–H and O–H groups in total. The number of amides is 1. The summed E-state index contributed by atoms with van der Waals surface area (Å²) in [7, 11) is 1.59. The highest BCUT2D eigenvalue weighted by Gasteiger charge is 2.28. The minimum atomic E-state index is -4.35. The summed E-state index contributed by atoms with van der Waals surface area (Å²) >= 11 is 0. The molecule has 82 heavy (non-hydrogen) atoms. The Hall–Kier alpha value is -1.28. The Kier molecular flexibility index (Phi) is 63.2. The Morgan fingerprint density at radius 2 is 0.695 bits per heavy atom. The molecule has 0 radical (unpaired) electrons. The van der Waals surface area contributed by atoms with Crippen molar-refractivity contribution in [3.05, 3.63) is 36.5 Å². The highest BCUT2D eigenvalue weighted by atomic mass is 31.2. The van der Waals surface area contributed by atoms with E-state index in [1.54, 1.807) is 6.08 Å². The lowest BCUT2D eigenvalue weighted by molar-refractivity contribution is -0.870. The van der Waals surface area contributed by atoms with Gasteiger partial charge in [-0.25, -0.2) is 4.57 Å². The molecule has 0 heterocycles. The van der Waals surface area contributed by atoms with Gasteiger partial charge in [0.15, 0.2) is 0 Å². The first-order valence-corrected chi connectivity index (χ1v) is 37.9.